The molecule has 1 fully saturated rings. The van der Waals surface area contributed by atoms with Crippen LogP contribution in [-0.4, -0.2) is 37.0 Å². The number of halogens is 4. The number of alkyl halides is 3. The molecule has 0 unspecified atom stereocenters. The van der Waals surface area contributed by atoms with E-state index in [0.29, 0.717) is 18.7 Å². The van der Waals surface area contributed by atoms with Crippen LogP contribution in [0.1, 0.15) is 41.1 Å². The zero-order chi connectivity index (χ0) is 21.7. The van der Waals surface area contributed by atoms with Gasteiger partial charge in [0.15, 0.2) is 5.96 Å². The first kappa shape index (κ1) is 25.5. The molecule has 2 heterocycles. The molecule has 5 nitrogen and oxygen atoms in total. The topological polar surface area (TPSA) is 52.8 Å². The van der Waals surface area contributed by atoms with Gasteiger partial charge in [-0.1, -0.05) is 18.2 Å². The lowest BCUT2D eigenvalue weighted by Gasteiger charge is -2.33. The van der Waals surface area contributed by atoms with Crippen molar-refractivity contribution < 1.29 is 17.6 Å². The number of aliphatic imine (C=N–C) groups is 1. The fourth-order valence-corrected chi connectivity index (χ4v) is 3.77. The van der Waals surface area contributed by atoms with Gasteiger partial charge < -0.3 is 15.1 Å². The van der Waals surface area contributed by atoms with Crippen LogP contribution in [0, 0.1) is 13.8 Å². The van der Waals surface area contributed by atoms with Crippen molar-refractivity contribution in [1.29, 1.82) is 0 Å². The molecule has 0 bridgehead atoms. The van der Waals surface area contributed by atoms with Gasteiger partial charge in [-0.25, -0.2) is 0 Å². The Morgan fingerprint density at radius 1 is 1.19 bits per heavy atom. The van der Waals surface area contributed by atoms with Crippen molar-refractivity contribution in [1.82, 2.24) is 15.5 Å². The molecule has 0 amide bonds. The van der Waals surface area contributed by atoms with Crippen LogP contribution in [-0.2, 0) is 19.3 Å². The summed E-state index contributed by atoms with van der Waals surface area (Å²) >= 11 is 0. The first-order chi connectivity index (χ1) is 14.2. The Balaban J connectivity index is 0.00000341. The van der Waals surface area contributed by atoms with Crippen molar-refractivity contribution in [2.45, 2.75) is 52.0 Å². The summed E-state index contributed by atoms with van der Waals surface area (Å²) in [4.78, 5) is 6.49. The minimum absolute atomic E-state index is 0. The molecular formula is C22H30F3IN4O. The van der Waals surface area contributed by atoms with Crippen molar-refractivity contribution in [3.05, 3.63) is 58.5 Å². The molecule has 2 N–H and O–H groups in total. The highest BCUT2D eigenvalue weighted by Crippen LogP contribution is 2.30. The Morgan fingerprint density at radius 3 is 2.48 bits per heavy atom. The summed E-state index contributed by atoms with van der Waals surface area (Å²) in [6, 6.07) is 7.89. The summed E-state index contributed by atoms with van der Waals surface area (Å²) in [5, 5.41) is 6.77. The number of hydrogen-bond acceptors (Lipinski definition) is 3. The Bertz CT molecular complexity index is 874. The van der Waals surface area contributed by atoms with E-state index in [1.807, 2.05) is 19.9 Å². The number of hydrogen-bond donors (Lipinski definition) is 2. The lowest BCUT2D eigenvalue weighted by molar-refractivity contribution is -0.137. The van der Waals surface area contributed by atoms with E-state index in [0.717, 1.165) is 55.0 Å². The quantitative estimate of drug-likeness (QED) is 0.317. The Kier molecular flexibility index (Phi) is 9.23. The molecule has 31 heavy (non-hydrogen) atoms. The second kappa shape index (κ2) is 11.2. The van der Waals surface area contributed by atoms with Crippen molar-refractivity contribution in [3.63, 3.8) is 0 Å². The minimum Gasteiger partial charge on any atom is -0.466 e. The van der Waals surface area contributed by atoms with Gasteiger partial charge in [0, 0.05) is 44.8 Å². The fraction of sp³-hybridized carbons (Fsp3) is 0.500. The van der Waals surface area contributed by atoms with Gasteiger partial charge in [-0.2, -0.15) is 13.2 Å². The van der Waals surface area contributed by atoms with Gasteiger partial charge in [0.1, 0.15) is 11.5 Å². The van der Waals surface area contributed by atoms with Crippen molar-refractivity contribution in [2.75, 3.05) is 20.1 Å². The molecule has 0 aliphatic carbocycles. The van der Waals surface area contributed by atoms with Crippen LogP contribution < -0.4 is 10.6 Å². The highest BCUT2D eigenvalue weighted by atomic mass is 127. The third-order valence-electron chi connectivity index (χ3n) is 5.40. The fourth-order valence-electron chi connectivity index (χ4n) is 3.77. The summed E-state index contributed by atoms with van der Waals surface area (Å²) < 4.78 is 44.3. The smallest absolute Gasteiger partial charge is 0.416 e. The molecule has 0 radical (unpaired) electrons. The number of furan rings is 1. The van der Waals surface area contributed by atoms with E-state index in [4.69, 9.17) is 4.42 Å². The maximum atomic E-state index is 12.9. The van der Waals surface area contributed by atoms with Gasteiger partial charge >= 0.3 is 6.18 Å². The largest absolute Gasteiger partial charge is 0.466 e. The number of rotatable bonds is 5. The van der Waals surface area contributed by atoms with Crippen LogP contribution >= 0.6 is 24.0 Å². The molecule has 0 spiro atoms. The molecular weight excluding hydrogens is 520 g/mol. The minimum atomic E-state index is -4.30. The van der Waals surface area contributed by atoms with Gasteiger partial charge in [0.2, 0.25) is 0 Å². The lowest BCUT2D eigenvalue weighted by Crippen LogP contribution is -2.48. The third kappa shape index (κ3) is 7.41. The highest BCUT2D eigenvalue weighted by Gasteiger charge is 2.30. The number of nitrogens with one attached hydrogen (secondary N) is 2. The molecule has 1 aromatic heterocycles. The van der Waals surface area contributed by atoms with Crippen molar-refractivity contribution in [3.8, 4) is 0 Å². The molecule has 172 valence electrons. The van der Waals surface area contributed by atoms with E-state index in [1.54, 1.807) is 13.1 Å². The molecule has 0 atom stereocenters. The summed E-state index contributed by atoms with van der Waals surface area (Å²) in [5.41, 5.74) is 1.21. The molecule has 1 aliphatic heterocycles. The summed E-state index contributed by atoms with van der Waals surface area (Å²) in [7, 11) is 1.74. The molecule has 1 aromatic carbocycles. The van der Waals surface area contributed by atoms with E-state index < -0.39 is 11.7 Å². The van der Waals surface area contributed by atoms with Gasteiger partial charge in [-0.05, 0) is 44.4 Å². The Hall–Kier alpha value is -1.75. The zero-order valence-electron chi connectivity index (χ0n) is 18.1. The second-order valence-corrected chi connectivity index (χ2v) is 7.76. The summed E-state index contributed by atoms with van der Waals surface area (Å²) in [6.07, 6.45) is -2.49. The monoisotopic (exact) mass is 550 g/mol. The molecule has 1 saturated heterocycles. The average molecular weight is 550 g/mol. The predicted octanol–water partition coefficient (Wildman–Crippen LogP) is 4.86. The standard InChI is InChI=1S/C22H29F3N4O.HI/c1-15-11-18(16(2)30-15)13-27-21(26-3)28-20-7-9-29(10-8-20)14-17-5-4-6-19(12-17)22(23,24)25;/h4-6,11-12,20H,7-10,13-14H2,1-3H3,(H2,26,27,28);1H. The molecule has 9 heteroatoms. The first-order valence-electron chi connectivity index (χ1n) is 10.2. The Morgan fingerprint density at radius 2 is 1.90 bits per heavy atom. The van der Waals surface area contributed by atoms with Crippen molar-refractivity contribution in [2.24, 2.45) is 4.99 Å². The highest BCUT2D eigenvalue weighted by molar-refractivity contribution is 14.0. The van der Waals surface area contributed by atoms with E-state index in [2.05, 4.69) is 20.5 Å². The van der Waals surface area contributed by atoms with Gasteiger partial charge in [0.05, 0.1) is 5.56 Å². The average Bonchev–Trinajstić information content (AvgIpc) is 3.03. The maximum absolute atomic E-state index is 12.9. The molecule has 0 saturated carbocycles. The second-order valence-electron chi connectivity index (χ2n) is 7.76. The summed E-state index contributed by atoms with van der Waals surface area (Å²) in [6.45, 7) is 6.69. The first-order valence-corrected chi connectivity index (χ1v) is 10.2. The number of nitrogens with zero attached hydrogens (tertiary/aromatic N) is 2. The maximum Gasteiger partial charge on any atom is 0.416 e. The SMILES string of the molecule is CN=C(NCc1cc(C)oc1C)NC1CCN(Cc2cccc(C(F)(F)F)c2)CC1.I. The van der Waals surface area contributed by atoms with Crippen LogP contribution in [0.5, 0.6) is 0 Å². The normalized spacial score (nSPS) is 16.1. The number of piperidine rings is 1. The zero-order valence-corrected chi connectivity index (χ0v) is 20.4. The number of likely N-dealkylation sites (tertiary alicyclic amines) is 1. The van der Waals surface area contributed by atoms with E-state index >= 15 is 0 Å². The van der Waals surface area contributed by atoms with E-state index in [1.165, 1.54) is 12.1 Å². The van der Waals surface area contributed by atoms with E-state index in [9.17, 15) is 13.2 Å². The van der Waals surface area contributed by atoms with Gasteiger partial charge in [0.25, 0.3) is 0 Å². The predicted molar refractivity (Wildman–Crippen MR) is 127 cm³/mol. The van der Waals surface area contributed by atoms with Crippen molar-refractivity contribution >= 4 is 29.9 Å². The Labute approximate surface area is 198 Å². The van der Waals surface area contributed by atoms with Crippen LogP contribution in [0.2, 0.25) is 0 Å². The van der Waals surface area contributed by atoms with Crippen LogP contribution in [0.25, 0.3) is 0 Å². The van der Waals surface area contributed by atoms with Crippen LogP contribution in [0.4, 0.5) is 13.2 Å². The molecule has 1 aliphatic rings. The molecule has 2 aromatic rings. The lowest BCUT2D eigenvalue weighted by atomic mass is 10.0. The van der Waals surface area contributed by atoms with Gasteiger partial charge in [-0.3, -0.25) is 9.89 Å². The van der Waals surface area contributed by atoms with Crippen LogP contribution in [0.3, 0.4) is 0 Å². The number of benzene rings is 1. The molecule has 3 rings (SSSR count). The summed E-state index contributed by atoms with van der Waals surface area (Å²) in [5.74, 6) is 2.53. The van der Waals surface area contributed by atoms with E-state index in [-0.39, 0.29) is 30.0 Å². The number of guanidine groups is 1. The van der Waals surface area contributed by atoms with Gasteiger partial charge in [-0.15, -0.1) is 24.0 Å². The van der Waals surface area contributed by atoms with Crippen LogP contribution in [0.15, 0.2) is 39.7 Å². The number of aryl methyl sites for hydroxylation is 2. The third-order valence-corrected chi connectivity index (χ3v) is 5.40.